The van der Waals surface area contributed by atoms with Gasteiger partial charge in [0.2, 0.25) is 0 Å². The molecule has 2 heterocycles. The van der Waals surface area contributed by atoms with E-state index in [1.807, 2.05) is 18.2 Å². The van der Waals surface area contributed by atoms with Crippen LogP contribution in [0.3, 0.4) is 0 Å². The van der Waals surface area contributed by atoms with Crippen LogP contribution < -0.4 is 10.1 Å². The maximum Gasteiger partial charge on any atom is 0.573 e. The van der Waals surface area contributed by atoms with E-state index < -0.39 is 6.36 Å². The van der Waals surface area contributed by atoms with Crippen LogP contribution in [-0.4, -0.2) is 16.3 Å². The number of anilines is 1. The lowest BCUT2D eigenvalue weighted by atomic mass is 10.2. The van der Waals surface area contributed by atoms with Crippen molar-refractivity contribution in [1.29, 1.82) is 0 Å². The van der Waals surface area contributed by atoms with Gasteiger partial charge in [0.05, 0.1) is 0 Å². The predicted molar refractivity (Wildman–Crippen MR) is 76.5 cm³/mol. The van der Waals surface area contributed by atoms with Gasteiger partial charge in [-0.3, -0.25) is 0 Å². The van der Waals surface area contributed by atoms with Crippen molar-refractivity contribution in [3.63, 3.8) is 0 Å². The van der Waals surface area contributed by atoms with Crippen LogP contribution >= 0.6 is 0 Å². The van der Waals surface area contributed by atoms with Crippen LogP contribution in [0, 0.1) is 0 Å². The molecule has 7 heteroatoms. The minimum Gasteiger partial charge on any atom is -0.406 e. The molecule has 3 aromatic rings. The normalized spacial score (nSPS) is 11.6. The van der Waals surface area contributed by atoms with Gasteiger partial charge in [-0.1, -0.05) is 12.1 Å². The fourth-order valence-corrected chi connectivity index (χ4v) is 2.03. The van der Waals surface area contributed by atoms with Gasteiger partial charge < -0.3 is 15.0 Å². The number of nitrogens with zero attached hydrogens (tertiary/aromatic N) is 1. The van der Waals surface area contributed by atoms with Gasteiger partial charge in [0.25, 0.3) is 0 Å². The van der Waals surface area contributed by atoms with Gasteiger partial charge in [0.15, 0.2) is 0 Å². The first-order valence-corrected chi connectivity index (χ1v) is 6.52. The number of hydrogen-bond donors (Lipinski definition) is 2. The number of aromatic amines is 1. The van der Waals surface area contributed by atoms with E-state index in [0.717, 1.165) is 16.6 Å². The molecule has 4 nitrogen and oxygen atoms in total. The highest BCUT2D eigenvalue weighted by Crippen LogP contribution is 2.23. The standard InChI is InChI=1S/C15H12F3N3O/c16-15(17,18)22-12-4-1-10(2-5-12)9-20-13-6-3-11-7-8-19-14(11)21-13/h1-8H,9H2,(H2,19,20,21). The maximum absolute atomic E-state index is 12.1. The van der Waals surface area contributed by atoms with Crippen LogP contribution in [-0.2, 0) is 6.54 Å². The van der Waals surface area contributed by atoms with Crippen LogP contribution in [0.2, 0.25) is 0 Å². The number of aromatic nitrogens is 2. The van der Waals surface area contributed by atoms with Crippen LogP contribution in [0.1, 0.15) is 5.56 Å². The highest BCUT2D eigenvalue weighted by atomic mass is 19.4. The molecule has 0 amide bonds. The molecule has 22 heavy (non-hydrogen) atoms. The van der Waals surface area contributed by atoms with Crippen LogP contribution in [0.15, 0.2) is 48.7 Å². The Morgan fingerprint density at radius 2 is 1.82 bits per heavy atom. The Bertz CT molecular complexity index is 766. The molecule has 0 aliphatic carbocycles. The van der Waals surface area contributed by atoms with Crippen molar-refractivity contribution in [3.8, 4) is 5.75 Å². The smallest absolute Gasteiger partial charge is 0.406 e. The molecule has 2 aromatic heterocycles. The van der Waals surface area contributed by atoms with Crippen molar-refractivity contribution in [1.82, 2.24) is 9.97 Å². The third kappa shape index (κ3) is 3.49. The third-order valence-corrected chi connectivity index (χ3v) is 3.04. The molecule has 0 aliphatic rings. The van der Waals surface area contributed by atoms with Gasteiger partial charge in [0, 0.05) is 18.1 Å². The predicted octanol–water partition coefficient (Wildman–Crippen LogP) is 4.07. The van der Waals surface area contributed by atoms with Gasteiger partial charge >= 0.3 is 6.36 Å². The first-order valence-electron chi connectivity index (χ1n) is 6.52. The first kappa shape index (κ1) is 14.2. The summed E-state index contributed by atoms with van der Waals surface area (Å²) in [4.78, 5) is 7.39. The summed E-state index contributed by atoms with van der Waals surface area (Å²) >= 11 is 0. The van der Waals surface area contributed by atoms with Gasteiger partial charge in [-0.05, 0) is 35.9 Å². The van der Waals surface area contributed by atoms with Gasteiger partial charge in [-0.2, -0.15) is 0 Å². The molecule has 114 valence electrons. The Morgan fingerprint density at radius 1 is 1.05 bits per heavy atom. The van der Waals surface area contributed by atoms with E-state index in [-0.39, 0.29) is 5.75 Å². The summed E-state index contributed by atoms with van der Waals surface area (Å²) in [5, 5.41) is 4.13. The van der Waals surface area contributed by atoms with E-state index in [2.05, 4.69) is 20.0 Å². The quantitative estimate of drug-likeness (QED) is 0.764. The molecular formula is C15H12F3N3O. The van der Waals surface area contributed by atoms with Crippen molar-refractivity contribution >= 4 is 16.9 Å². The SMILES string of the molecule is FC(F)(F)Oc1ccc(CNc2ccc3cc[nH]c3n2)cc1. The Labute approximate surface area is 123 Å². The van der Waals surface area contributed by atoms with Gasteiger partial charge in [0.1, 0.15) is 17.2 Å². The van der Waals surface area contributed by atoms with Crippen LogP contribution in [0.25, 0.3) is 11.0 Å². The Morgan fingerprint density at radius 3 is 2.55 bits per heavy atom. The molecule has 0 fully saturated rings. The zero-order chi connectivity index (χ0) is 15.6. The number of halogens is 3. The number of nitrogens with one attached hydrogen (secondary N) is 2. The summed E-state index contributed by atoms with van der Waals surface area (Å²) < 4.78 is 40.0. The van der Waals surface area contributed by atoms with Crippen molar-refractivity contribution in [2.75, 3.05) is 5.32 Å². The highest BCUT2D eigenvalue weighted by Gasteiger charge is 2.30. The summed E-state index contributed by atoms with van der Waals surface area (Å²) in [7, 11) is 0. The number of alkyl halides is 3. The van der Waals surface area contributed by atoms with E-state index in [1.54, 1.807) is 18.3 Å². The Balaban J connectivity index is 1.63. The second-order valence-electron chi connectivity index (χ2n) is 4.66. The second kappa shape index (κ2) is 5.59. The number of rotatable bonds is 4. The third-order valence-electron chi connectivity index (χ3n) is 3.04. The van der Waals surface area contributed by atoms with Crippen LogP contribution in [0.5, 0.6) is 5.75 Å². The number of hydrogen-bond acceptors (Lipinski definition) is 3. The molecule has 0 spiro atoms. The monoisotopic (exact) mass is 307 g/mol. The number of H-pyrrole nitrogens is 1. The minimum absolute atomic E-state index is 0.234. The molecule has 0 aliphatic heterocycles. The van der Waals surface area contributed by atoms with E-state index in [1.165, 1.54) is 12.1 Å². The lowest BCUT2D eigenvalue weighted by molar-refractivity contribution is -0.274. The number of pyridine rings is 1. The number of benzene rings is 1. The molecule has 0 unspecified atom stereocenters. The van der Waals surface area contributed by atoms with E-state index in [9.17, 15) is 13.2 Å². The zero-order valence-corrected chi connectivity index (χ0v) is 11.3. The lowest BCUT2D eigenvalue weighted by Gasteiger charge is -2.10. The first-order chi connectivity index (χ1) is 10.5. The molecule has 0 saturated heterocycles. The highest BCUT2D eigenvalue weighted by molar-refractivity contribution is 5.77. The summed E-state index contributed by atoms with van der Waals surface area (Å²) in [5.41, 5.74) is 1.60. The minimum atomic E-state index is -4.67. The maximum atomic E-state index is 12.1. The largest absolute Gasteiger partial charge is 0.573 e. The van der Waals surface area contributed by atoms with Crippen molar-refractivity contribution < 1.29 is 17.9 Å². The van der Waals surface area contributed by atoms with Crippen molar-refractivity contribution in [2.24, 2.45) is 0 Å². The molecule has 2 N–H and O–H groups in total. The molecule has 0 radical (unpaired) electrons. The molecule has 0 bridgehead atoms. The lowest BCUT2D eigenvalue weighted by Crippen LogP contribution is -2.17. The van der Waals surface area contributed by atoms with Gasteiger partial charge in [-0.25, -0.2) is 4.98 Å². The fourth-order valence-electron chi connectivity index (χ4n) is 2.03. The molecule has 0 saturated carbocycles. The number of fused-ring (bicyclic) bond motifs is 1. The fraction of sp³-hybridized carbons (Fsp3) is 0.133. The van der Waals surface area contributed by atoms with Crippen LogP contribution in [0.4, 0.5) is 19.0 Å². The molecule has 0 atom stereocenters. The van der Waals surface area contributed by atoms with Gasteiger partial charge in [-0.15, -0.1) is 13.2 Å². The molecular weight excluding hydrogens is 295 g/mol. The summed E-state index contributed by atoms with van der Waals surface area (Å²) in [6.45, 7) is 0.450. The Hall–Kier alpha value is -2.70. The number of ether oxygens (including phenoxy) is 1. The summed E-state index contributed by atoms with van der Waals surface area (Å²) in [5.74, 6) is 0.452. The van der Waals surface area contributed by atoms with E-state index in [0.29, 0.717) is 12.4 Å². The Kier molecular flexibility index (Phi) is 3.62. The second-order valence-corrected chi connectivity index (χ2v) is 4.66. The average molecular weight is 307 g/mol. The average Bonchev–Trinajstić information content (AvgIpc) is 2.92. The van der Waals surface area contributed by atoms with Crippen molar-refractivity contribution in [3.05, 3.63) is 54.2 Å². The van der Waals surface area contributed by atoms with E-state index >= 15 is 0 Å². The summed E-state index contributed by atoms with van der Waals surface area (Å²) in [6.07, 6.45) is -2.87. The topological polar surface area (TPSA) is 49.9 Å². The molecule has 3 rings (SSSR count). The summed E-state index contributed by atoms with van der Waals surface area (Å²) in [6, 6.07) is 11.4. The van der Waals surface area contributed by atoms with E-state index in [4.69, 9.17) is 0 Å². The van der Waals surface area contributed by atoms with Crippen molar-refractivity contribution in [2.45, 2.75) is 12.9 Å². The molecule has 1 aromatic carbocycles. The zero-order valence-electron chi connectivity index (χ0n) is 11.3.